The second kappa shape index (κ2) is 33.7. The zero-order chi connectivity index (χ0) is 61.6. The Morgan fingerprint density at radius 2 is 1.08 bits per heavy atom. The summed E-state index contributed by atoms with van der Waals surface area (Å²) in [5, 5.41) is 16.4. The van der Waals surface area contributed by atoms with Crippen molar-refractivity contribution in [1.82, 2.24) is 31.9 Å². The first-order valence-electron chi connectivity index (χ1n) is 31.6. The van der Waals surface area contributed by atoms with Crippen LogP contribution in [0.25, 0.3) is 0 Å². The van der Waals surface area contributed by atoms with Gasteiger partial charge in [0.15, 0.2) is 0 Å². The largest absolute Gasteiger partial charge is 0.462 e. The van der Waals surface area contributed by atoms with Gasteiger partial charge < -0.3 is 55.6 Å². The first-order valence-corrected chi connectivity index (χ1v) is 32.8. The molecule has 8 rings (SSSR count). The number of thioether (sulfide) groups is 1. The van der Waals surface area contributed by atoms with Gasteiger partial charge in [-0.2, -0.15) is 11.8 Å². The fourth-order valence-corrected chi connectivity index (χ4v) is 13.7. The van der Waals surface area contributed by atoms with E-state index in [2.05, 4.69) is 31.9 Å². The Hall–Kier alpha value is -6.38. The molecule has 86 heavy (non-hydrogen) atoms. The summed E-state index contributed by atoms with van der Waals surface area (Å²) < 4.78 is 28.7. The number of alkyl carbamates (subject to hydrolysis) is 2. The van der Waals surface area contributed by atoms with E-state index in [9.17, 15) is 43.2 Å². The van der Waals surface area contributed by atoms with Crippen LogP contribution in [0.15, 0.2) is 54.6 Å². The number of esters is 3. The third kappa shape index (κ3) is 22.7. The summed E-state index contributed by atoms with van der Waals surface area (Å²) in [5.74, 6) is -2.14. The van der Waals surface area contributed by atoms with Crippen molar-refractivity contribution >= 4 is 65.5 Å². The van der Waals surface area contributed by atoms with E-state index in [4.69, 9.17) is 23.7 Å². The molecule has 474 valence electrons. The van der Waals surface area contributed by atoms with E-state index in [0.717, 1.165) is 106 Å². The number of benzene rings is 2. The van der Waals surface area contributed by atoms with Gasteiger partial charge in [0.05, 0.1) is 0 Å². The number of amides is 6. The average Bonchev–Trinajstić information content (AvgIpc) is 1.12. The second-order valence-corrected chi connectivity index (χ2v) is 26.5. The normalized spacial score (nSPS) is 21.8. The summed E-state index contributed by atoms with van der Waals surface area (Å²) in [6, 6.07) is 10.5. The number of rotatable bonds is 30. The Kier molecular flexibility index (Phi) is 26.3. The van der Waals surface area contributed by atoms with Crippen molar-refractivity contribution in [3.63, 3.8) is 0 Å². The summed E-state index contributed by atoms with van der Waals surface area (Å²) in [7, 11) is 0. The van der Waals surface area contributed by atoms with Gasteiger partial charge in [-0.25, -0.2) is 14.4 Å². The zero-order valence-corrected chi connectivity index (χ0v) is 51.9. The van der Waals surface area contributed by atoms with Gasteiger partial charge in [0.1, 0.15) is 60.7 Å². The Labute approximate surface area is 511 Å². The van der Waals surface area contributed by atoms with Crippen molar-refractivity contribution in [1.29, 1.82) is 0 Å². The van der Waals surface area contributed by atoms with Gasteiger partial charge in [-0.15, -0.1) is 0 Å². The topological polar surface area (TPSA) is 272 Å². The Morgan fingerprint density at radius 1 is 0.558 bits per heavy atom. The zero-order valence-electron chi connectivity index (χ0n) is 51.1. The summed E-state index contributed by atoms with van der Waals surface area (Å²) in [6.07, 6.45) is 12.1. The summed E-state index contributed by atoms with van der Waals surface area (Å²) >= 11 is 1.42. The van der Waals surface area contributed by atoms with E-state index < -0.39 is 89.5 Å². The van der Waals surface area contributed by atoms with Crippen molar-refractivity contribution in [3.05, 3.63) is 71.3 Å². The van der Waals surface area contributed by atoms with E-state index in [-0.39, 0.29) is 69.3 Å². The lowest BCUT2D eigenvalue weighted by atomic mass is 9.55. The number of aryl methyl sites for hydroxylation is 1. The molecule has 0 aromatic heterocycles. The second-order valence-electron chi connectivity index (χ2n) is 25.5. The van der Waals surface area contributed by atoms with Crippen LogP contribution in [0.4, 0.5) is 9.59 Å². The van der Waals surface area contributed by atoms with Crippen LogP contribution in [-0.4, -0.2) is 120 Å². The SMILES string of the molecule is Cc1ccc(CSC[C@H](NC(=O)[C@H](CCCCNC(=O)OC2C3CC4CC(C3)CC2C4)NC(=O)[C@H](CCC(=O)OC2CCCCC2)NC(=O)[C@H](C)NC(=O)[C@H](CCC(=O)OC2CCCCC2)NC(=O)OC(C)(C)C)C(=O)OCc2ccccc2)cc1. The molecule has 0 heterocycles. The molecule has 5 atom stereocenters. The minimum Gasteiger partial charge on any atom is -0.462 e. The molecule has 0 unspecified atom stereocenters. The molecule has 6 aliphatic rings. The predicted octanol–water partition coefficient (Wildman–Crippen LogP) is 8.86. The van der Waals surface area contributed by atoms with Gasteiger partial charge >= 0.3 is 30.1 Å². The molecule has 6 amide bonds. The Bertz CT molecular complexity index is 2540. The summed E-state index contributed by atoms with van der Waals surface area (Å²) in [5.41, 5.74) is 1.93. The summed E-state index contributed by atoms with van der Waals surface area (Å²) in [4.78, 5) is 124. The monoisotopic (exact) mass is 1210 g/mol. The minimum absolute atomic E-state index is 0.0310. The van der Waals surface area contributed by atoms with Crippen LogP contribution >= 0.6 is 11.8 Å². The van der Waals surface area contributed by atoms with E-state index >= 15 is 0 Å². The third-order valence-electron chi connectivity index (χ3n) is 17.1. The number of hydrogen-bond donors (Lipinski definition) is 6. The molecule has 6 fully saturated rings. The van der Waals surface area contributed by atoms with Crippen LogP contribution in [0, 0.1) is 30.6 Å². The molecule has 2 aromatic rings. The molecular formula is C65H94N6O14S. The molecule has 6 aliphatic carbocycles. The smallest absolute Gasteiger partial charge is 0.408 e. The van der Waals surface area contributed by atoms with Crippen LogP contribution in [0.3, 0.4) is 0 Å². The first-order chi connectivity index (χ1) is 41.2. The van der Waals surface area contributed by atoms with Gasteiger partial charge in [-0.1, -0.05) is 73.0 Å². The van der Waals surface area contributed by atoms with Crippen molar-refractivity contribution < 1.29 is 66.8 Å². The molecular weight excluding hydrogens is 1120 g/mol. The van der Waals surface area contributed by atoms with Crippen molar-refractivity contribution in [3.8, 4) is 0 Å². The standard InChI is InChI=1S/C65H94N6O14S/c1-41-24-26-44(27-25-41)39-86-40-54(62(78)81-38-43-17-9-6-10-18-43)70-60(76)51(23-15-16-32-66-63(79)84-57-47-34-45-33-46(36-47)37-48(57)35-45)69-61(77)52(28-30-55(72)82-49-19-11-7-12-20-49)68-58(74)42(2)67-59(75)53(71-64(80)85-65(3,4)5)29-31-56(73)83-50-21-13-8-14-22-50/h6,9-10,17-18,24-27,42,45-54,57H,7-8,11-16,19-23,28-40H2,1-5H3,(H,66,79)(H,67,75)(H,68,74)(H,69,77)(H,70,76)(H,71,80)/t42-,45?,46?,47?,48?,51-,52-,53-,54-,57?/m0/s1. The molecule has 0 saturated heterocycles. The highest BCUT2D eigenvalue weighted by molar-refractivity contribution is 7.98. The highest BCUT2D eigenvalue weighted by Gasteiger charge is 2.50. The molecule has 6 N–H and O–H groups in total. The molecule has 0 spiro atoms. The highest BCUT2D eigenvalue weighted by atomic mass is 32.2. The molecule has 2 aromatic carbocycles. The number of carbonyl (C=O) groups is 9. The summed E-state index contributed by atoms with van der Waals surface area (Å²) in [6.45, 7) is 8.50. The molecule has 4 bridgehead atoms. The molecule has 20 nitrogen and oxygen atoms in total. The lowest BCUT2D eigenvalue weighted by Crippen LogP contribution is -2.58. The Morgan fingerprint density at radius 3 is 1.65 bits per heavy atom. The average molecular weight is 1220 g/mol. The fourth-order valence-electron chi connectivity index (χ4n) is 12.7. The van der Waals surface area contributed by atoms with E-state index in [0.29, 0.717) is 43.3 Å². The van der Waals surface area contributed by atoms with Crippen LogP contribution < -0.4 is 31.9 Å². The first kappa shape index (κ1) is 67.1. The quantitative estimate of drug-likeness (QED) is 0.0242. The van der Waals surface area contributed by atoms with Crippen LogP contribution in [0.2, 0.25) is 0 Å². The van der Waals surface area contributed by atoms with Crippen molar-refractivity contribution in [2.45, 2.75) is 242 Å². The lowest BCUT2D eigenvalue weighted by Gasteiger charge is -2.53. The third-order valence-corrected chi connectivity index (χ3v) is 18.2. The van der Waals surface area contributed by atoms with Crippen LogP contribution in [-0.2, 0) is 69.6 Å². The van der Waals surface area contributed by atoms with Crippen molar-refractivity contribution in [2.24, 2.45) is 23.7 Å². The number of nitrogens with one attached hydrogen (secondary N) is 6. The van der Waals surface area contributed by atoms with E-state index in [1.165, 1.54) is 25.1 Å². The van der Waals surface area contributed by atoms with Gasteiger partial charge in [-0.05, 0) is 185 Å². The number of hydrogen-bond acceptors (Lipinski definition) is 15. The maximum absolute atomic E-state index is 14.8. The van der Waals surface area contributed by atoms with Gasteiger partial charge in [0.2, 0.25) is 23.6 Å². The predicted molar refractivity (Wildman–Crippen MR) is 324 cm³/mol. The van der Waals surface area contributed by atoms with E-state index in [1.54, 1.807) is 20.8 Å². The number of carbonyl (C=O) groups excluding carboxylic acids is 9. The number of unbranched alkanes of at least 4 members (excludes halogenated alkanes) is 1. The maximum Gasteiger partial charge on any atom is 0.408 e. The highest BCUT2D eigenvalue weighted by Crippen LogP contribution is 2.54. The van der Waals surface area contributed by atoms with Crippen LogP contribution in [0.5, 0.6) is 0 Å². The van der Waals surface area contributed by atoms with Gasteiger partial charge in [0, 0.05) is 30.9 Å². The van der Waals surface area contributed by atoms with Gasteiger partial charge in [-0.3, -0.25) is 28.8 Å². The lowest BCUT2D eigenvalue weighted by molar-refractivity contribution is -0.151. The van der Waals surface area contributed by atoms with Gasteiger partial charge in [0.25, 0.3) is 0 Å². The maximum atomic E-state index is 14.8. The molecule has 0 radical (unpaired) electrons. The van der Waals surface area contributed by atoms with E-state index in [1.807, 2.05) is 61.5 Å². The molecule has 21 heteroatoms. The van der Waals surface area contributed by atoms with Crippen LogP contribution in [0.1, 0.15) is 186 Å². The molecule has 0 aliphatic heterocycles. The minimum atomic E-state index is -1.46. The number of ether oxygens (including phenoxy) is 5. The van der Waals surface area contributed by atoms with Crippen molar-refractivity contribution in [2.75, 3.05) is 12.3 Å². The fraction of sp³-hybridized carbons (Fsp3) is 0.677. The Balaban J connectivity index is 1.05. The molecule has 6 saturated carbocycles.